The number of nitrogens with zero attached hydrogens (tertiary/aromatic N) is 2. The van der Waals surface area contributed by atoms with Crippen LogP contribution in [0, 0.1) is 11.3 Å². The fourth-order valence-corrected chi connectivity index (χ4v) is 1.37. The predicted molar refractivity (Wildman–Crippen MR) is 53.4 cm³/mol. The summed E-state index contributed by atoms with van der Waals surface area (Å²) in [5.74, 6) is -1.02. The van der Waals surface area contributed by atoms with Gasteiger partial charge in [0.25, 0.3) is 0 Å². The van der Waals surface area contributed by atoms with Gasteiger partial charge in [0.1, 0.15) is 6.07 Å². The summed E-state index contributed by atoms with van der Waals surface area (Å²) in [7, 11) is 0. The number of fused-ring (bicyclic) bond motifs is 1. The molecule has 15 heavy (non-hydrogen) atoms. The Morgan fingerprint density at radius 1 is 1.47 bits per heavy atom. The second kappa shape index (κ2) is 3.39. The molecule has 0 amide bonds. The molecule has 0 spiro atoms. The van der Waals surface area contributed by atoms with Crippen LogP contribution in [0.15, 0.2) is 30.5 Å². The fourth-order valence-electron chi connectivity index (χ4n) is 1.37. The highest BCUT2D eigenvalue weighted by Crippen LogP contribution is 2.16. The first kappa shape index (κ1) is 9.16. The molecule has 1 N–H and O–H groups in total. The number of carboxylic acids is 1. The predicted octanol–water partition coefficient (Wildman–Crippen LogP) is 1.80. The number of carbonyl (C=O) groups is 1. The molecule has 0 aliphatic carbocycles. The SMILES string of the molecule is N#Cc1cccc2cc(C(=O)O)cnc12. The number of aromatic nitrogens is 1. The van der Waals surface area contributed by atoms with E-state index in [4.69, 9.17) is 10.4 Å². The normalized spacial score (nSPS) is 9.80. The van der Waals surface area contributed by atoms with Crippen molar-refractivity contribution < 1.29 is 9.90 Å². The van der Waals surface area contributed by atoms with E-state index in [1.807, 2.05) is 6.07 Å². The Kier molecular flexibility index (Phi) is 2.07. The van der Waals surface area contributed by atoms with Gasteiger partial charge in [0.2, 0.25) is 0 Å². The summed E-state index contributed by atoms with van der Waals surface area (Å²) in [5, 5.41) is 18.2. The molecule has 2 rings (SSSR count). The lowest BCUT2D eigenvalue weighted by molar-refractivity contribution is 0.0696. The molecule has 0 saturated heterocycles. The molecule has 4 heteroatoms. The van der Waals surface area contributed by atoms with Crippen LogP contribution in [0.4, 0.5) is 0 Å². The van der Waals surface area contributed by atoms with Crippen LogP contribution in [0.2, 0.25) is 0 Å². The standard InChI is InChI=1S/C11H6N2O2/c12-5-8-3-1-2-7-4-9(11(14)15)6-13-10(7)8/h1-4,6H,(H,14,15). The average molecular weight is 198 g/mol. The van der Waals surface area contributed by atoms with Crippen LogP contribution in [0.5, 0.6) is 0 Å². The number of hydrogen-bond donors (Lipinski definition) is 1. The molecule has 2 aromatic rings. The lowest BCUT2D eigenvalue weighted by Gasteiger charge is -1.99. The van der Waals surface area contributed by atoms with Crippen LogP contribution >= 0.6 is 0 Å². The second-order valence-corrected chi connectivity index (χ2v) is 3.02. The van der Waals surface area contributed by atoms with E-state index >= 15 is 0 Å². The molecule has 0 aliphatic heterocycles. The van der Waals surface area contributed by atoms with Crippen LogP contribution in [0.25, 0.3) is 10.9 Å². The second-order valence-electron chi connectivity index (χ2n) is 3.02. The molecule has 1 aromatic heterocycles. The Hall–Kier alpha value is -2.41. The van der Waals surface area contributed by atoms with Gasteiger partial charge in [-0.25, -0.2) is 4.79 Å². The number of rotatable bonds is 1. The first-order valence-electron chi connectivity index (χ1n) is 4.24. The van der Waals surface area contributed by atoms with Crippen molar-refractivity contribution in [3.8, 4) is 6.07 Å². The highest BCUT2D eigenvalue weighted by Gasteiger charge is 2.06. The molecule has 0 atom stereocenters. The van der Waals surface area contributed by atoms with Crippen LogP contribution in [-0.4, -0.2) is 16.1 Å². The zero-order valence-electron chi connectivity index (χ0n) is 7.64. The number of nitriles is 1. The van der Waals surface area contributed by atoms with Gasteiger partial charge in [-0.1, -0.05) is 12.1 Å². The van der Waals surface area contributed by atoms with Crippen molar-refractivity contribution in [1.29, 1.82) is 5.26 Å². The monoisotopic (exact) mass is 198 g/mol. The zero-order chi connectivity index (χ0) is 10.8. The summed E-state index contributed by atoms with van der Waals surface area (Å²) in [6.07, 6.45) is 1.26. The Balaban J connectivity index is 2.76. The minimum absolute atomic E-state index is 0.123. The van der Waals surface area contributed by atoms with E-state index in [-0.39, 0.29) is 5.56 Å². The Bertz CT molecular complexity index is 585. The molecule has 4 nitrogen and oxygen atoms in total. The molecule has 72 valence electrons. The smallest absolute Gasteiger partial charge is 0.337 e. The molecule has 1 aromatic carbocycles. The maximum atomic E-state index is 10.7. The molecule has 0 radical (unpaired) electrons. The van der Waals surface area contributed by atoms with E-state index < -0.39 is 5.97 Å². The largest absolute Gasteiger partial charge is 0.478 e. The summed E-state index contributed by atoms with van der Waals surface area (Å²) in [6.45, 7) is 0. The summed E-state index contributed by atoms with van der Waals surface area (Å²) >= 11 is 0. The van der Waals surface area contributed by atoms with Gasteiger partial charge < -0.3 is 5.11 Å². The topological polar surface area (TPSA) is 74.0 Å². The molecular formula is C11H6N2O2. The van der Waals surface area contributed by atoms with E-state index in [9.17, 15) is 4.79 Å². The van der Waals surface area contributed by atoms with Crippen LogP contribution in [-0.2, 0) is 0 Å². The maximum absolute atomic E-state index is 10.7. The summed E-state index contributed by atoms with van der Waals surface area (Å²) < 4.78 is 0. The Labute approximate surface area is 85.4 Å². The van der Waals surface area contributed by atoms with Gasteiger partial charge in [0.05, 0.1) is 16.6 Å². The van der Waals surface area contributed by atoms with Gasteiger partial charge in [-0.05, 0) is 12.1 Å². The summed E-state index contributed by atoms with van der Waals surface area (Å²) in [6, 6.07) is 8.60. The van der Waals surface area contributed by atoms with Crippen molar-refractivity contribution in [3.63, 3.8) is 0 Å². The van der Waals surface area contributed by atoms with Crippen molar-refractivity contribution in [3.05, 3.63) is 41.6 Å². The van der Waals surface area contributed by atoms with Gasteiger partial charge in [0, 0.05) is 11.6 Å². The van der Waals surface area contributed by atoms with Gasteiger partial charge in [-0.2, -0.15) is 5.26 Å². The van der Waals surface area contributed by atoms with Gasteiger partial charge in [-0.15, -0.1) is 0 Å². The van der Waals surface area contributed by atoms with Crippen LogP contribution < -0.4 is 0 Å². The number of carboxylic acid groups (broad SMARTS) is 1. The van der Waals surface area contributed by atoms with Crippen molar-refractivity contribution in [2.75, 3.05) is 0 Å². The van der Waals surface area contributed by atoms with E-state index in [0.717, 1.165) is 0 Å². The Morgan fingerprint density at radius 3 is 2.93 bits per heavy atom. The number of pyridine rings is 1. The van der Waals surface area contributed by atoms with Crippen molar-refractivity contribution >= 4 is 16.9 Å². The van der Waals surface area contributed by atoms with E-state index in [1.54, 1.807) is 18.2 Å². The fraction of sp³-hybridized carbons (Fsp3) is 0. The number of benzene rings is 1. The minimum Gasteiger partial charge on any atom is -0.478 e. The third kappa shape index (κ3) is 1.51. The molecule has 1 heterocycles. The molecule has 0 saturated carbocycles. The average Bonchev–Trinajstić information content (AvgIpc) is 2.27. The molecule has 0 aliphatic rings. The summed E-state index contributed by atoms with van der Waals surface area (Å²) in [5.41, 5.74) is 1.10. The molecular weight excluding hydrogens is 192 g/mol. The van der Waals surface area contributed by atoms with E-state index in [0.29, 0.717) is 16.5 Å². The van der Waals surface area contributed by atoms with Crippen molar-refractivity contribution in [1.82, 2.24) is 4.98 Å². The minimum atomic E-state index is -1.02. The van der Waals surface area contributed by atoms with Crippen LogP contribution in [0.3, 0.4) is 0 Å². The summed E-state index contributed by atoms with van der Waals surface area (Å²) in [4.78, 5) is 14.7. The number of hydrogen-bond acceptors (Lipinski definition) is 3. The third-order valence-corrected chi connectivity index (χ3v) is 2.08. The van der Waals surface area contributed by atoms with E-state index in [2.05, 4.69) is 4.98 Å². The quantitative estimate of drug-likeness (QED) is 0.758. The lowest BCUT2D eigenvalue weighted by Crippen LogP contribution is -1.97. The first-order chi connectivity index (χ1) is 7.22. The number of para-hydroxylation sites is 1. The Morgan fingerprint density at radius 2 is 2.27 bits per heavy atom. The third-order valence-electron chi connectivity index (χ3n) is 2.08. The van der Waals surface area contributed by atoms with Crippen molar-refractivity contribution in [2.45, 2.75) is 0 Å². The molecule has 0 bridgehead atoms. The molecule has 0 fully saturated rings. The maximum Gasteiger partial charge on any atom is 0.337 e. The highest BCUT2D eigenvalue weighted by atomic mass is 16.4. The van der Waals surface area contributed by atoms with Gasteiger partial charge >= 0.3 is 5.97 Å². The van der Waals surface area contributed by atoms with Gasteiger partial charge in [-0.3, -0.25) is 4.98 Å². The van der Waals surface area contributed by atoms with Gasteiger partial charge in [0.15, 0.2) is 0 Å². The molecule has 0 unspecified atom stereocenters. The van der Waals surface area contributed by atoms with Crippen molar-refractivity contribution in [2.24, 2.45) is 0 Å². The number of aromatic carboxylic acids is 1. The lowest BCUT2D eigenvalue weighted by atomic mass is 10.1. The zero-order valence-corrected chi connectivity index (χ0v) is 7.64. The van der Waals surface area contributed by atoms with E-state index in [1.165, 1.54) is 12.3 Å². The van der Waals surface area contributed by atoms with Crippen LogP contribution in [0.1, 0.15) is 15.9 Å². The highest BCUT2D eigenvalue weighted by molar-refractivity contribution is 5.93. The first-order valence-corrected chi connectivity index (χ1v) is 4.24.